The number of aromatic nitrogens is 2. The topological polar surface area (TPSA) is 139 Å². The molecule has 3 aromatic heterocycles. The van der Waals surface area contributed by atoms with Gasteiger partial charge in [-0.15, -0.1) is 0 Å². The monoisotopic (exact) mass is 464 g/mol. The number of thioether (sulfide) groups is 1. The highest BCUT2D eigenvalue weighted by atomic mass is 32.2. The lowest BCUT2D eigenvalue weighted by Crippen LogP contribution is -2.16. The molecule has 0 aliphatic rings. The van der Waals surface area contributed by atoms with Crippen molar-refractivity contribution in [3.05, 3.63) is 47.6 Å². The van der Waals surface area contributed by atoms with Gasteiger partial charge in [-0.3, -0.25) is 10.1 Å². The fourth-order valence-electron chi connectivity index (χ4n) is 2.07. The van der Waals surface area contributed by atoms with E-state index in [2.05, 4.69) is 14.7 Å². The van der Waals surface area contributed by atoms with Gasteiger partial charge in [0.2, 0.25) is 15.0 Å². The smallest absolute Gasteiger partial charge is 0.268 e. The van der Waals surface area contributed by atoms with Gasteiger partial charge in [0, 0.05) is 17.6 Å². The van der Waals surface area contributed by atoms with Crippen molar-refractivity contribution in [2.75, 3.05) is 5.32 Å². The van der Waals surface area contributed by atoms with Crippen molar-refractivity contribution in [1.29, 1.82) is 5.26 Å². The highest BCUT2D eigenvalue weighted by molar-refractivity contribution is 7.98. The van der Waals surface area contributed by atoms with Crippen LogP contribution in [0.15, 0.2) is 55.2 Å². The van der Waals surface area contributed by atoms with Crippen LogP contribution in [0, 0.1) is 11.3 Å². The zero-order valence-electron chi connectivity index (χ0n) is 15.9. The fraction of sp³-hybridized carbons (Fsp3) is 0.222. The first-order chi connectivity index (χ1) is 14.3. The maximum Gasteiger partial charge on any atom is 0.268 e. The molecule has 0 spiro atoms. The Hall–Kier alpha value is -2.88. The lowest BCUT2D eigenvalue weighted by Gasteiger charge is -2.02. The van der Waals surface area contributed by atoms with Crippen LogP contribution in [0.4, 0.5) is 5.13 Å². The number of carbonyl (C=O) groups is 1. The SMILES string of the molecule is CC(C)S(=O)(=O)c1nsc(NC(=O)/C(C#N)=C\c2ccc(SCc3ccco3)o2)n1. The Morgan fingerprint density at radius 2 is 2.20 bits per heavy atom. The number of nitrogens with one attached hydrogen (secondary N) is 1. The van der Waals surface area contributed by atoms with Crippen LogP contribution < -0.4 is 5.32 Å². The summed E-state index contributed by atoms with van der Waals surface area (Å²) in [6.45, 7) is 3.02. The molecule has 3 aromatic rings. The molecule has 0 unspecified atom stereocenters. The van der Waals surface area contributed by atoms with Crippen LogP contribution >= 0.6 is 23.3 Å². The van der Waals surface area contributed by atoms with Crippen molar-refractivity contribution in [3.8, 4) is 6.07 Å². The van der Waals surface area contributed by atoms with E-state index < -0.39 is 21.0 Å². The summed E-state index contributed by atoms with van der Waals surface area (Å²) in [5.74, 6) is 0.947. The van der Waals surface area contributed by atoms with Gasteiger partial charge in [0.1, 0.15) is 23.2 Å². The van der Waals surface area contributed by atoms with Gasteiger partial charge in [-0.2, -0.15) is 14.6 Å². The molecule has 0 aliphatic carbocycles. The molecular weight excluding hydrogens is 448 g/mol. The molecule has 0 atom stereocenters. The Morgan fingerprint density at radius 3 is 2.87 bits per heavy atom. The minimum absolute atomic E-state index is 0.0190. The third-order valence-corrected chi connectivity index (χ3v) is 7.31. The van der Waals surface area contributed by atoms with E-state index in [1.807, 2.05) is 6.07 Å². The highest BCUT2D eigenvalue weighted by Gasteiger charge is 2.25. The number of carbonyl (C=O) groups excluding carboxylic acids is 1. The van der Waals surface area contributed by atoms with Crippen LogP contribution in [0.1, 0.15) is 25.4 Å². The van der Waals surface area contributed by atoms with Gasteiger partial charge in [0.15, 0.2) is 5.09 Å². The molecule has 1 amide bonds. The first kappa shape index (κ1) is 21.8. The van der Waals surface area contributed by atoms with Crippen molar-refractivity contribution in [2.45, 2.75) is 35.1 Å². The van der Waals surface area contributed by atoms with Gasteiger partial charge in [-0.25, -0.2) is 8.42 Å². The summed E-state index contributed by atoms with van der Waals surface area (Å²) in [5.41, 5.74) is -0.226. The Bertz CT molecular complexity index is 1200. The van der Waals surface area contributed by atoms with Gasteiger partial charge in [0.05, 0.1) is 17.3 Å². The van der Waals surface area contributed by atoms with E-state index in [0.29, 0.717) is 16.6 Å². The molecule has 9 nitrogen and oxygen atoms in total. The average Bonchev–Trinajstić information content (AvgIpc) is 3.46. The molecule has 0 bridgehead atoms. The predicted octanol–water partition coefficient (Wildman–Crippen LogP) is 3.74. The van der Waals surface area contributed by atoms with E-state index in [1.165, 1.54) is 31.7 Å². The lowest BCUT2D eigenvalue weighted by atomic mass is 10.2. The molecule has 12 heteroatoms. The number of hydrogen-bond donors (Lipinski definition) is 1. The molecule has 0 saturated carbocycles. The first-order valence-electron chi connectivity index (χ1n) is 8.55. The van der Waals surface area contributed by atoms with Gasteiger partial charge < -0.3 is 8.83 Å². The fourth-order valence-corrected chi connectivity index (χ4v) is 4.53. The summed E-state index contributed by atoms with van der Waals surface area (Å²) >= 11 is 2.13. The summed E-state index contributed by atoms with van der Waals surface area (Å²) < 4.78 is 38.8. The van der Waals surface area contributed by atoms with E-state index in [9.17, 15) is 18.5 Å². The lowest BCUT2D eigenvalue weighted by molar-refractivity contribution is -0.112. The number of hydrogen-bond acceptors (Lipinski definition) is 10. The standard InChI is InChI=1S/C18H16N4O5S3/c1-11(2)30(24,25)18-21-17(29-22-18)20-16(23)12(9-19)8-13-5-6-15(27-13)28-10-14-4-3-7-26-14/h3-8,11H,10H2,1-2H3,(H,20,21,22,23)/b12-8-. The molecule has 156 valence electrons. The van der Waals surface area contributed by atoms with E-state index >= 15 is 0 Å². The molecule has 0 aromatic carbocycles. The van der Waals surface area contributed by atoms with E-state index in [-0.39, 0.29) is 15.9 Å². The summed E-state index contributed by atoms with van der Waals surface area (Å²) in [5, 5.41) is 11.2. The third kappa shape index (κ3) is 5.18. The number of furan rings is 2. The van der Waals surface area contributed by atoms with Crippen LogP contribution in [0.2, 0.25) is 0 Å². The molecule has 3 rings (SSSR count). The predicted molar refractivity (Wildman–Crippen MR) is 111 cm³/mol. The van der Waals surface area contributed by atoms with Gasteiger partial charge >= 0.3 is 0 Å². The van der Waals surface area contributed by atoms with Crippen molar-refractivity contribution in [3.63, 3.8) is 0 Å². The minimum atomic E-state index is -3.65. The number of nitrogens with zero attached hydrogens (tertiary/aromatic N) is 3. The Balaban J connectivity index is 1.67. The van der Waals surface area contributed by atoms with E-state index in [4.69, 9.17) is 8.83 Å². The van der Waals surface area contributed by atoms with Crippen molar-refractivity contribution in [1.82, 2.24) is 9.36 Å². The zero-order chi connectivity index (χ0) is 21.7. The van der Waals surface area contributed by atoms with Gasteiger partial charge in [-0.1, -0.05) is 11.8 Å². The maximum absolute atomic E-state index is 12.4. The Labute approximate surface area is 180 Å². The summed E-state index contributed by atoms with van der Waals surface area (Å²) in [6, 6.07) is 8.79. The number of sulfone groups is 1. The minimum Gasteiger partial charge on any atom is -0.468 e. The Morgan fingerprint density at radius 1 is 1.40 bits per heavy atom. The van der Waals surface area contributed by atoms with Crippen molar-refractivity contribution in [2.24, 2.45) is 0 Å². The molecule has 1 N–H and O–H groups in total. The van der Waals surface area contributed by atoms with Crippen LogP contribution in [-0.2, 0) is 20.4 Å². The molecule has 0 radical (unpaired) electrons. The number of anilines is 1. The molecule has 0 saturated heterocycles. The van der Waals surface area contributed by atoms with Crippen molar-refractivity contribution >= 4 is 50.2 Å². The van der Waals surface area contributed by atoms with E-state index in [1.54, 1.807) is 30.5 Å². The van der Waals surface area contributed by atoms with Gasteiger partial charge in [0.25, 0.3) is 11.1 Å². The normalized spacial score (nSPS) is 12.1. The quantitative estimate of drug-likeness (QED) is 0.300. The van der Waals surface area contributed by atoms with Gasteiger partial charge in [-0.05, 0) is 38.1 Å². The second kappa shape index (κ2) is 9.29. The summed E-state index contributed by atoms with van der Waals surface area (Å²) in [6.07, 6.45) is 2.88. The van der Waals surface area contributed by atoms with Crippen LogP contribution in [0.25, 0.3) is 6.08 Å². The summed E-state index contributed by atoms with van der Waals surface area (Å²) in [7, 11) is -3.65. The maximum atomic E-state index is 12.4. The molecule has 0 fully saturated rings. The van der Waals surface area contributed by atoms with Crippen molar-refractivity contribution < 1.29 is 22.0 Å². The first-order valence-corrected chi connectivity index (χ1v) is 11.9. The van der Waals surface area contributed by atoms with Crippen LogP contribution in [0.5, 0.6) is 0 Å². The molecule has 30 heavy (non-hydrogen) atoms. The van der Waals surface area contributed by atoms with Crippen LogP contribution in [-0.4, -0.2) is 28.9 Å². The highest BCUT2D eigenvalue weighted by Crippen LogP contribution is 2.26. The van der Waals surface area contributed by atoms with Crippen LogP contribution in [0.3, 0.4) is 0 Å². The second-order valence-corrected chi connectivity index (χ2v) is 10.3. The molecular formula is C18H16N4O5S3. The largest absolute Gasteiger partial charge is 0.468 e. The average molecular weight is 465 g/mol. The Kier molecular flexibility index (Phi) is 6.76. The molecule has 3 heterocycles. The third-order valence-electron chi connectivity index (χ3n) is 3.69. The van der Waals surface area contributed by atoms with E-state index in [0.717, 1.165) is 17.3 Å². The number of rotatable bonds is 8. The number of amides is 1. The second-order valence-electron chi connectivity index (χ2n) is 6.12. The zero-order valence-corrected chi connectivity index (χ0v) is 18.3. The summed E-state index contributed by atoms with van der Waals surface area (Å²) in [4.78, 5) is 16.2. The molecule has 0 aliphatic heterocycles. The number of nitriles is 1.